The van der Waals surface area contributed by atoms with Crippen LogP contribution in [0.25, 0.3) is 6.08 Å². The monoisotopic (exact) mass is 336 g/mol. The third-order valence-corrected chi connectivity index (χ3v) is 4.86. The first kappa shape index (κ1) is 14.9. The Hall–Kier alpha value is -2.66. The fourth-order valence-corrected chi connectivity index (χ4v) is 3.45. The molecule has 4 nitrogen and oxygen atoms in total. The van der Waals surface area contributed by atoms with E-state index in [-0.39, 0.29) is 6.79 Å². The second-order valence-electron chi connectivity index (χ2n) is 5.58. The van der Waals surface area contributed by atoms with E-state index in [1.165, 1.54) is 11.8 Å². The molecule has 0 unspecified atom stereocenters. The minimum absolute atomic E-state index is 0.262. The van der Waals surface area contributed by atoms with Crippen LogP contribution >= 0.6 is 11.8 Å². The van der Waals surface area contributed by atoms with Crippen molar-refractivity contribution in [2.45, 2.75) is 11.8 Å². The zero-order valence-corrected chi connectivity index (χ0v) is 13.9. The van der Waals surface area contributed by atoms with Crippen LogP contribution in [0.15, 0.2) is 59.1 Å². The summed E-state index contributed by atoms with van der Waals surface area (Å²) in [5.74, 6) is 1.52. The highest BCUT2D eigenvalue weighted by Gasteiger charge is 2.16. The molecule has 0 atom stereocenters. The molecule has 0 aliphatic carbocycles. The summed E-state index contributed by atoms with van der Waals surface area (Å²) in [7, 11) is 0. The topological polar surface area (TPSA) is 54.3 Å². The molecule has 24 heavy (non-hydrogen) atoms. The van der Waals surface area contributed by atoms with E-state index in [9.17, 15) is 0 Å². The maximum Gasteiger partial charge on any atom is 0.231 e. The zero-order valence-electron chi connectivity index (χ0n) is 13.1. The first-order valence-electron chi connectivity index (χ1n) is 7.61. The van der Waals surface area contributed by atoms with Crippen LogP contribution in [0.4, 0.5) is 5.69 Å². The Bertz CT molecular complexity index is 887. The molecule has 2 aliphatic heterocycles. The van der Waals surface area contributed by atoms with Gasteiger partial charge in [0, 0.05) is 16.3 Å². The molecule has 0 bridgehead atoms. The zero-order chi connectivity index (χ0) is 16.5. The van der Waals surface area contributed by atoms with Crippen LogP contribution in [0.1, 0.15) is 11.1 Å². The lowest BCUT2D eigenvalue weighted by atomic mass is 10.1. The molecule has 120 valence electrons. The van der Waals surface area contributed by atoms with E-state index < -0.39 is 0 Å². The summed E-state index contributed by atoms with van der Waals surface area (Å²) in [5, 5.41) is 12.1. The van der Waals surface area contributed by atoms with E-state index in [1.807, 2.05) is 49.4 Å². The smallest absolute Gasteiger partial charge is 0.231 e. The number of nitrogens with one attached hydrogen (secondary N) is 2. The number of benzene rings is 2. The van der Waals surface area contributed by atoms with Gasteiger partial charge in [-0.1, -0.05) is 36.0 Å². The van der Waals surface area contributed by atoms with Crippen molar-refractivity contribution in [2.75, 3.05) is 12.1 Å². The fourth-order valence-electron chi connectivity index (χ4n) is 2.64. The Labute approximate surface area is 144 Å². The number of fused-ring (bicyclic) bond motifs is 2. The highest BCUT2D eigenvalue weighted by Crippen LogP contribution is 2.38. The van der Waals surface area contributed by atoms with Crippen molar-refractivity contribution in [3.05, 3.63) is 65.4 Å². The Morgan fingerprint density at radius 1 is 1.17 bits per heavy atom. The first-order valence-corrected chi connectivity index (χ1v) is 8.43. The van der Waals surface area contributed by atoms with Crippen LogP contribution in [-0.2, 0) is 0 Å². The van der Waals surface area contributed by atoms with Gasteiger partial charge in [0.25, 0.3) is 0 Å². The van der Waals surface area contributed by atoms with Gasteiger partial charge in [0.05, 0.1) is 5.04 Å². The lowest BCUT2D eigenvalue weighted by Gasteiger charge is -2.15. The largest absolute Gasteiger partial charge is 0.454 e. The van der Waals surface area contributed by atoms with Crippen molar-refractivity contribution < 1.29 is 9.47 Å². The molecule has 0 fully saturated rings. The van der Waals surface area contributed by atoms with E-state index in [4.69, 9.17) is 14.9 Å². The van der Waals surface area contributed by atoms with E-state index >= 15 is 0 Å². The van der Waals surface area contributed by atoms with Crippen molar-refractivity contribution in [1.29, 1.82) is 5.41 Å². The number of rotatable bonds is 2. The Kier molecular flexibility index (Phi) is 3.78. The number of hydrogen-bond acceptors (Lipinski definition) is 5. The fraction of sp³-hybridized carbons (Fsp3) is 0.105. The van der Waals surface area contributed by atoms with Gasteiger partial charge >= 0.3 is 0 Å². The van der Waals surface area contributed by atoms with Gasteiger partial charge in [-0.05, 0) is 48.4 Å². The maximum atomic E-state index is 8.28. The number of anilines is 1. The van der Waals surface area contributed by atoms with Gasteiger partial charge in [-0.25, -0.2) is 0 Å². The molecule has 2 N–H and O–H groups in total. The summed E-state index contributed by atoms with van der Waals surface area (Å²) in [6.45, 7) is 2.28. The predicted octanol–water partition coefficient (Wildman–Crippen LogP) is 4.82. The minimum atomic E-state index is 0.262. The third-order valence-electron chi connectivity index (χ3n) is 3.86. The number of hydrogen-bond donors (Lipinski definition) is 2. The summed E-state index contributed by atoms with van der Waals surface area (Å²) >= 11 is 1.41. The molecule has 0 radical (unpaired) electrons. The van der Waals surface area contributed by atoms with Crippen molar-refractivity contribution in [3.8, 4) is 11.5 Å². The van der Waals surface area contributed by atoms with Gasteiger partial charge in [-0.3, -0.25) is 5.41 Å². The van der Waals surface area contributed by atoms with Crippen molar-refractivity contribution in [2.24, 2.45) is 0 Å². The minimum Gasteiger partial charge on any atom is -0.454 e. The van der Waals surface area contributed by atoms with Crippen LogP contribution in [0.3, 0.4) is 0 Å². The second-order valence-corrected chi connectivity index (χ2v) is 6.67. The first-order chi connectivity index (χ1) is 11.7. The molecule has 2 aliphatic rings. The SMILES string of the molecule is Cc1cc2c(cc1SC(=N)/C=C1\C=Cc3ccccc3N1)OCO2. The van der Waals surface area contributed by atoms with Gasteiger partial charge in [0.1, 0.15) is 0 Å². The summed E-state index contributed by atoms with van der Waals surface area (Å²) < 4.78 is 10.8. The molecule has 0 aromatic heterocycles. The Morgan fingerprint density at radius 3 is 2.83 bits per heavy atom. The van der Waals surface area contributed by atoms with Crippen molar-refractivity contribution in [3.63, 3.8) is 0 Å². The van der Waals surface area contributed by atoms with Gasteiger partial charge < -0.3 is 14.8 Å². The Morgan fingerprint density at radius 2 is 1.96 bits per heavy atom. The molecule has 2 heterocycles. The number of ether oxygens (including phenoxy) is 2. The molecule has 0 saturated heterocycles. The summed E-state index contributed by atoms with van der Waals surface area (Å²) in [4.78, 5) is 1.00. The third kappa shape index (κ3) is 2.90. The summed E-state index contributed by atoms with van der Waals surface area (Å²) in [6, 6.07) is 12.0. The van der Waals surface area contributed by atoms with Crippen LogP contribution in [0.2, 0.25) is 0 Å². The van der Waals surface area contributed by atoms with E-state index in [0.29, 0.717) is 5.04 Å². The molecule has 5 heteroatoms. The predicted molar refractivity (Wildman–Crippen MR) is 98.1 cm³/mol. The number of aryl methyl sites for hydroxylation is 1. The normalized spacial score (nSPS) is 16.0. The van der Waals surface area contributed by atoms with Gasteiger partial charge in [0.2, 0.25) is 6.79 Å². The summed E-state index contributed by atoms with van der Waals surface area (Å²) in [6.07, 6.45) is 5.88. The van der Waals surface area contributed by atoms with Crippen molar-refractivity contribution in [1.82, 2.24) is 0 Å². The average molecular weight is 336 g/mol. The number of allylic oxidation sites excluding steroid dienone is 1. The summed E-state index contributed by atoms with van der Waals surface area (Å²) in [5.41, 5.74) is 4.19. The lowest BCUT2D eigenvalue weighted by Crippen LogP contribution is -2.04. The van der Waals surface area contributed by atoms with Crippen LogP contribution in [-0.4, -0.2) is 11.8 Å². The van der Waals surface area contributed by atoms with Gasteiger partial charge in [-0.2, -0.15) is 0 Å². The molecule has 0 saturated carbocycles. The molecule has 2 aromatic carbocycles. The second kappa shape index (κ2) is 6.09. The van der Waals surface area contributed by atoms with Crippen molar-refractivity contribution >= 4 is 28.6 Å². The number of para-hydroxylation sites is 1. The molecule has 4 rings (SSSR count). The maximum absolute atomic E-state index is 8.28. The van der Waals surface area contributed by atoms with Gasteiger partial charge in [-0.15, -0.1) is 0 Å². The van der Waals surface area contributed by atoms with E-state index in [2.05, 4.69) is 17.5 Å². The molecular weight excluding hydrogens is 320 g/mol. The van der Waals surface area contributed by atoms with Crippen LogP contribution in [0, 0.1) is 12.3 Å². The van der Waals surface area contributed by atoms with E-state index in [1.54, 1.807) is 0 Å². The van der Waals surface area contributed by atoms with Gasteiger partial charge in [0.15, 0.2) is 11.5 Å². The highest BCUT2D eigenvalue weighted by molar-refractivity contribution is 8.14. The highest BCUT2D eigenvalue weighted by atomic mass is 32.2. The molecular formula is C19H16N2O2S. The molecule has 0 amide bonds. The van der Waals surface area contributed by atoms with Crippen LogP contribution in [0.5, 0.6) is 11.5 Å². The molecule has 0 spiro atoms. The molecule has 2 aromatic rings. The lowest BCUT2D eigenvalue weighted by molar-refractivity contribution is 0.174. The quantitative estimate of drug-likeness (QED) is 0.469. The average Bonchev–Trinajstić information content (AvgIpc) is 3.02. The standard InChI is InChI=1S/C19H16N2O2S/c1-12-8-16-17(23-11-22-16)10-18(12)24-19(20)9-14-7-6-13-4-2-3-5-15(13)21-14/h2-10,20-21H,11H2,1H3/b14-9+,20-19?. The van der Waals surface area contributed by atoms with Crippen LogP contribution < -0.4 is 14.8 Å². The Balaban J connectivity index is 1.52. The number of thioether (sulfide) groups is 1. The van der Waals surface area contributed by atoms with E-state index in [0.717, 1.165) is 38.9 Å².